The van der Waals surface area contributed by atoms with Crippen LogP contribution < -0.4 is 0 Å². The highest BCUT2D eigenvalue weighted by Gasteiger charge is 2.26. The number of carbonyl (C=O) groups is 1. The van der Waals surface area contributed by atoms with Crippen molar-refractivity contribution in [3.05, 3.63) is 64.8 Å². The van der Waals surface area contributed by atoms with Crippen molar-refractivity contribution in [1.82, 2.24) is 19.9 Å². The number of rotatable bonds is 2. The fourth-order valence-corrected chi connectivity index (χ4v) is 4.12. The average molecular weight is 437 g/mol. The van der Waals surface area contributed by atoms with Crippen molar-refractivity contribution in [3.63, 3.8) is 0 Å². The van der Waals surface area contributed by atoms with Gasteiger partial charge in [-0.15, -0.1) is 0 Å². The maximum absolute atomic E-state index is 12.6. The summed E-state index contributed by atoms with van der Waals surface area (Å²) >= 11 is 3.51. The maximum atomic E-state index is 12.6. The molecular weight excluding hydrogens is 420 g/mol. The lowest BCUT2D eigenvalue weighted by molar-refractivity contribution is 0.0711. The van der Waals surface area contributed by atoms with Crippen LogP contribution in [-0.4, -0.2) is 38.8 Å². The molecule has 0 saturated carbocycles. The second-order valence-corrected chi connectivity index (χ2v) is 7.90. The molecule has 7 heteroatoms. The first-order chi connectivity index (χ1) is 13.7. The molecule has 28 heavy (non-hydrogen) atoms. The molecule has 1 aliphatic heterocycles. The van der Waals surface area contributed by atoms with Gasteiger partial charge in [0.1, 0.15) is 16.9 Å². The molecule has 140 valence electrons. The molecule has 0 atom stereocenters. The van der Waals surface area contributed by atoms with Crippen molar-refractivity contribution >= 4 is 43.9 Å². The molecule has 0 spiro atoms. The third-order valence-corrected chi connectivity index (χ3v) is 5.76. The topological polar surface area (TPSA) is 72.1 Å². The third kappa shape index (κ3) is 3.05. The van der Waals surface area contributed by atoms with E-state index in [1.54, 1.807) is 30.7 Å². The van der Waals surface area contributed by atoms with Gasteiger partial charge in [0.15, 0.2) is 5.58 Å². The van der Waals surface area contributed by atoms with Gasteiger partial charge in [0.05, 0.1) is 6.20 Å². The fraction of sp³-hybridized carbons (Fsp3) is 0.238. The van der Waals surface area contributed by atoms with E-state index in [1.807, 2.05) is 23.1 Å². The molecule has 0 N–H and O–H groups in total. The summed E-state index contributed by atoms with van der Waals surface area (Å²) in [6, 6.07) is 9.42. The number of pyridine rings is 1. The van der Waals surface area contributed by atoms with Gasteiger partial charge in [-0.1, -0.05) is 15.9 Å². The predicted molar refractivity (Wildman–Crippen MR) is 109 cm³/mol. The number of hydrogen-bond donors (Lipinski definition) is 0. The number of hydrogen-bond acceptors (Lipinski definition) is 5. The van der Waals surface area contributed by atoms with Gasteiger partial charge in [-0.2, -0.15) is 0 Å². The first kappa shape index (κ1) is 17.3. The summed E-state index contributed by atoms with van der Waals surface area (Å²) < 4.78 is 6.83. The van der Waals surface area contributed by atoms with E-state index in [1.165, 1.54) is 0 Å². The van der Waals surface area contributed by atoms with Crippen LogP contribution in [-0.2, 0) is 0 Å². The van der Waals surface area contributed by atoms with Gasteiger partial charge < -0.3 is 9.32 Å². The van der Waals surface area contributed by atoms with Crippen LogP contribution in [0.1, 0.15) is 34.9 Å². The molecule has 0 aliphatic carbocycles. The zero-order chi connectivity index (χ0) is 19.1. The van der Waals surface area contributed by atoms with E-state index >= 15 is 0 Å². The van der Waals surface area contributed by atoms with E-state index in [0.717, 1.165) is 39.6 Å². The van der Waals surface area contributed by atoms with Crippen LogP contribution in [0.5, 0.6) is 0 Å². The minimum Gasteiger partial charge on any atom is -0.453 e. The molecule has 1 aliphatic rings. The molecule has 4 heterocycles. The molecule has 0 radical (unpaired) electrons. The van der Waals surface area contributed by atoms with Crippen molar-refractivity contribution in [2.75, 3.05) is 13.1 Å². The van der Waals surface area contributed by atoms with Crippen molar-refractivity contribution in [2.24, 2.45) is 0 Å². The summed E-state index contributed by atoms with van der Waals surface area (Å²) in [7, 11) is 0. The van der Waals surface area contributed by atoms with E-state index in [-0.39, 0.29) is 11.8 Å². The van der Waals surface area contributed by atoms with Crippen molar-refractivity contribution in [3.8, 4) is 0 Å². The van der Waals surface area contributed by atoms with Gasteiger partial charge in [0, 0.05) is 46.8 Å². The quantitative estimate of drug-likeness (QED) is 0.460. The summed E-state index contributed by atoms with van der Waals surface area (Å²) in [5, 5.41) is 0.985. The molecule has 1 amide bonds. The first-order valence-corrected chi connectivity index (χ1v) is 10.0. The van der Waals surface area contributed by atoms with E-state index in [4.69, 9.17) is 9.40 Å². The highest BCUT2D eigenvalue weighted by atomic mass is 79.9. The van der Waals surface area contributed by atoms with Crippen LogP contribution in [0.4, 0.5) is 0 Å². The normalized spacial score (nSPS) is 15.4. The molecule has 1 aromatic carbocycles. The number of piperidine rings is 1. The van der Waals surface area contributed by atoms with Crippen molar-refractivity contribution < 1.29 is 9.21 Å². The number of halogens is 1. The summed E-state index contributed by atoms with van der Waals surface area (Å²) in [5.74, 6) is 1.12. The molecule has 5 rings (SSSR count). The van der Waals surface area contributed by atoms with Gasteiger partial charge in [-0.25, -0.2) is 9.97 Å². The highest BCUT2D eigenvalue weighted by molar-refractivity contribution is 9.10. The molecule has 1 fully saturated rings. The Hall–Kier alpha value is -2.80. The monoisotopic (exact) mass is 436 g/mol. The Kier molecular flexibility index (Phi) is 4.31. The molecule has 6 nitrogen and oxygen atoms in total. The van der Waals surface area contributed by atoms with Crippen LogP contribution in [0.15, 0.2) is 57.8 Å². The Bertz CT molecular complexity index is 1170. The Balaban J connectivity index is 1.37. The van der Waals surface area contributed by atoms with Gasteiger partial charge in [0.2, 0.25) is 0 Å². The fourth-order valence-electron chi connectivity index (χ4n) is 3.76. The van der Waals surface area contributed by atoms with Crippen molar-refractivity contribution in [1.29, 1.82) is 0 Å². The molecule has 3 aromatic heterocycles. The Morgan fingerprint density at radius 1 is 1.11 bits per heavy atom. The number of amides is 1. The standard InChI is InChI=1S/C21H17BrN4O2/c22-15-1-2-17-16(11-15)19-18(28-17)12-24-20(25-19)13-5-9-26(10-6-13)21(27)14-3-7-23-8-4-14/h1-4,7-8,11-13H,5-6,9-10H2. The third-order valence-electron chi connectivity index (χ3n) is 5.27. The minimum absolute atomic E-state index is 0.0582. The van der Waals surface area contributed by atoms with Crippen molar-refractivity contribution in [2.45, 2.75) is 18.8 Å². The van der Waals surface area contributed by atoms with E-state index in [0.29, 0.717) is 24.2 Å². The SMILES string of the molecule is O=C(c1ccncc1)N1CCC(c2ncc3oc4ccc(Br)cc4c3n2)CC1. The lowest BCUT2D eigenvalue weighted by Gasteiger charge is -2.31. The molecule has 0 unspecified atom stereocenters. The van der Waals surface area contributed by atoms with Crippen LogP contribution >= 0.6 is 15.9 Å². The van der Waals surface area contributed by atoms with Crippen LogP contribution in [0.3, 0.4) is 0 Å². The maximum Gasteiger partial charge on any atom is 0.253 e. The lowest BCUT2D eigenvalue weighted by Crippen LogP contribution is -2.38. The number of fused-ring (bicyclic) bond motifs is 3. The molecule has 4 aromatic rings. The highest BCUT2D eigenvalue weighted by Crippen LogP contribution is 2.32. The number of carbonyl (C=O) groups excluding carboxylic acids is 1. The summed E-state index contributed by atoms with van der Waals surface area (Å²) in [5.41, 5.74) is 3.03. The summed E-state index contributed by atoms with van der Waals surface area (Å²) in [6.07, 6.45) is 6.76. The summed E-state index contributed by atoms with van der Waals surface area (Å²) in [4.78, 5) is 27.8. The largest absolute Gasteiger partial charge is 0.453 e. The van der Waals surface area contributed by atoms with E-state index in [9.17, 15) is 4.79 Å². The lowest BCUT2D eigenvalue weighted by atomic mass is 9.95. The smallest absolute Gasteiger partial charge is 0.253 e. The van der Waals surface area contributed by atoms with Crippen LogP contribution in [0.2, 0.25) is 0 Å². The molecule has 1 saturated heterocycles. The Morgan fingerprint density at radius 3 is 2.68 bits per heavy atom. The van der Waals surface area contributed by atoms with Gasteiger partial charge in [0.25, 0.3) is 5.91 Å². The average Bonchev–Trinajstić information content (AvgIpc) is 3.11. The van der Waals surface area contributed by atoms with E-state index < -0.39 is 0 Å². The van der Waals surface area contributed by atoms with Gasteiger partial charge >= 0.3 is 0 Å². The zero-order valence-electron chi connectivity index (χ0n) is 15.0. The second-order valence-electron chi connectivity index (χ2n) is 6.99. The molecular formula is C21H17BrN4O2. The van der Waals surface area contributed by atoms with E-state index in [2.05, 4.69) is 25.9 Å². The Labute approximate surface area is 169 Å². The Morgan fingerprint density at radius 2 is 1.89 bits per heavy atom. The number of furan rings is 1. The number of nitrogens with zero attached hydrogens (tertiary/aromatic N) is 4. The van der Waals surface area contributed by atoms with Crippen LogP contribution in [0, 0.1) is 0 Å². The summed E-state index contributed by atoms with van der Waals surface area (Å²) in [6.45, 7) is 1.40. The predicted octanol–water partition coefficient (Wildman–Crippen LogP) is 4.55. The van der Waals surface area contributed by atoms with Gasteiger partial charge in [-0.3, -0.25) is 9.78 Å². The van der Waals surface area contributed by atoms with Crippen LogP contribution in [0.25, 0.3) is 22.1 Å². The number of likely N-dealkylation sites (tertiary alicyclic amines) is 1. The first-order valence-electron chi connectivity index (χ1n) is 9.23. The second kappa shape index (κ2) is 6.98. The minimum atomic E-state index is 0.0582. The number of benzene rings is 1. The number of aromatic nitrogens is 3. The molecule has 0 bridgehead atoms. The zero-order valence-corrected chi connectivity index (χ0v) is 16.6. The van der Waals surface area contributed by atoms with Gasteiger partial charge in [-0.05, 0) is 43.2 Å².